The highest BCUT2D eigenvalue weighted by molar-refractivity contribution is 8.01. The third-order valence-electron chi connectivity index (χ3n) is 2.49. The van der Waals surface area contributed by atoms with E-state index in [2.05, 4.69) is 16.0 Å². The molecule has 0 saturated heterocycles. The molecule has 2 heterocycles. The van der Waals surface area contributed by atoms with Gasteiger partial charge < -0.3 is 5.73 Å². The Labute approximate surface area is 118 Å². The molecule has 0 atom stereocenters. The Morgan fingerprint density at radius 1 is 1.26 bits per heavy atom. The molecule has 1 aromatic carbocycles. The van der Waals surface area contributed by atoms with Crippen molar-refractivity contribution in [3.63, 3.8) is 0 Å². The van der Waals surface area contributed by atoms with E-state index < -0.39 is 0 Å². The number of thiazole rings is 1. The number of benzene rings is 1. The molecule has 0 spiro atoms. The molecule has 6 heteroatoms. The largest absolute Gasteiger partial charge is 0.382 e. The van der Waals surface area contributed by atoms with E-state index >= 15 is 0 Å². The van der Waals surface area contributed by atoms with Crippen molar-refractivity contribution in [2.75, 3.05) is 0 Å². The predicted molar refractivity (Wildman–Crippen MR) is 79.0 cm³/mol. The number of rotatable bonds is 3. The van der Waals surface area contributed by atoms with Gasteiger partial charge in [-0.25, -0.2) is 4.98 Å². The summed E-state index contributed by atoms with van der Waals surface area (Å²) < 4.78 is 2.15. The van der Waals surface area contributed by atoms with Crippen LogP contribution in [-0.2, 0) is 0 Å². The number of aromatic nitrogens is 2. The number of nitrogens with two attached hydrogens (primary N) is 1. The molecule has 0 aliphatic rings. The normalized spacial score (nSPS) is 10.7. The van der Waals surface area contributed by atoms with Crippen LogP contribution in [0, 0.1) is 5.41 Å². The summed E-state index contributed by atoms with van der Waals surface area (Å²) in [6.45, 7) is 0. The Hall–Kier alpha value is -1.92. The Bertz CT molecular complexity index is 718. The number of nitrogens with one attached hydrogen (secondary N) is 1. The van der Waals surface area contributed by atoms with Crippen molar-refractivity contribution in [1.82, 2.24) is 9.97 Å². The van der Waals surface area contributed by atoms with E-state index in [4.69, 9.17) is 11.1 Å². The number of para-hydroxylation sites is 1. The Morgan fingerprint density at radius 2 is 2.11 bits per heavy atom. The van der Waals surface area contributed by atoms with Gasteiger partial charge in [-0.15, -0.1) is 11.3 Å². The molecule has 0 unspecified atom stereocenters. The fourth-order valence-electron chi connectivity index (χ4n) is 1.62. The third kappa shape index (κ3) is 2.59. The summed E-state index contributed by atoms with van der Waals surface area (Å²) in [5.41, 5.74) is 6.94. The zero-order valence-corrected chi connectivity index (χ0v) is 11.5. The van der Waals surface area contributed by atoms with Crippen molar-refractivity contribution < 1.29 is 0 Å². The second-order valence-electron chi connectivity index (χ2n) is 3.84. The molecule has 2 aromatic heterocycles. The minimum absolute atomic E-state index is 0.0215. The lowest BCUT2D eigenvalue weighted by Gasteiger charge is -2.00. The molecule has 19 heavy (non-hydrogen) atoms. The predicted octanol–water partition coefficient (Wildman–Crippen LogP) is 3.13. The summed E-state index contributed by atoms with van der Waals surface area (Å²) >= 11 is 3.21. The van der Waals surface area contributed by atoms with Crippen LogP contribution < -0.4 is 5.73 Å². The Balaban J connectivity index is 1.92. The highest BCUT2D eigenvalue weighted by Crippen LogP contribution is 2.34. The van der Waals surface area contributed by atoms with Gasteiger partial charge in [0.25, 0.3) is 0 Å². The van der Waals surface area contributed by atoms with E-state index in [0.717, 1.165) is 14.8 Å². The number of hydrogen-bond acceptors (Lipinski definition) is 5. The van der Waals surface area contributed by atoms with Gasteiger partial charge in [0.05, 0.1) is 10.2 Å². The van der Waals surface area contributed by atoms with Crippen LogP contribution >= 0.6 is 23.1 Å². The Kier molecular flexibility index (Phi) is 3.18. The van der Waals surface area contributed by atoms with Gasteiger partial charge in [-0.05, 0) is 24.3 Å². The number of hydrogen-bond donors (Lipinski definition) is 2. The number of amidine groups is 1. The van der Waals surface area contributed by atoms with Crippen molar-refractivity contribution in [2.24, 2.45) is 5.73 Å². The first-order valence-corrected chi connectivity index (χ1v) is 7.19. The smallest absolute Gasteiger partial charge is 0.155 e. The van der Waals surface area contributed by atoms with Crippen LogP contribution in [0.25, 0.3) is 10.2 Å². The topological polar surface area (TPSA) is 75.7 Å². The standard InChI is InChI=1S/C13H10N4S2/c14-12(15)10-7-8(5-6-16-10)18-13-17-9-3-1-2-4-11(9)19-13/h1-7H,(H3,14,15). The molecule has 0 aliphatic heterocycles. The van der Waals surface area contributed by atoms with Gasteiger partial charge in [0.15, 0.2) is 4.34 Å². The van der Waals surface area contributed by atoms with Gasteiger partial charge in [0.1, 0.15) is 11.5 Å². The quantitative estimate of drug-likeness (QED) is 0.573. The maximum atomic E-state index is 7.39. The highest BCUT2D eigenvalue weighted by Gasteiger charge is 2.06. The summed E-state index contributed by atoms with van der Waals surface area (Å²) in [6, 6.07) is 11.8. The van der Waals surface area contributed by atoms with Gasteiger partial charge in [0.2, 0.25) is 0 Å². The van der Waals surface area contributed by atoms with E-state index in [0.29, 0.717) is 5.69 Å². The van der Waals surface area contributed by atoms with Gasteiger partial charge in [-0.1, -0.05) is 23.9 Å². The van der Waals surface area contributed by atoms with E-state index in [9.17, 15) is 0 Å². The lowest BCUT2D eigenvalue weighted by atomic mass is 10.3. The van der Waals surface area contributed by atoms with Crippen LogP contribution in [0.15, 0.2) is 51.8 Å². The van der Waals surface area contributed by atoms with Crippen molar-refractivity contribution in [3.8, 4) is 0 Å². The number of nitrogens with zero attached hydrogens (tertiary/aromatic N) is 2. The summed E-state index contributed by atoms with van der Waals surface area (Å²) in [4.78, 5) is 9.59. The van der Waals surface area contributed by atoms with Crippen LogP contribution in [0.2, 0.25) is 0 Å². The zero-order valence-electron chi connectivity index (χ0n) is 9.83. The van der Waals surface area contributed by atoms with Crippen molar-refractivity contribution >= 4 is 39.2 Å². The highest BCUT2D eigenvalue weighted by atomic mass is 32.2. The van der Waals surface area contributed by atoms with E-state index in [-0.39, 0.29) is 5.84 Å². The number of nitrogen functional groups attached to an aromatic ring is 1. The van der Waals surface area contributed by atoms with E-state index in [1.54, 1.807) is 35.4 Å². The van der Waals surface area contributed by atoms with E-state index in [1.165, 1.54) is 4.70 Å². The lowest BCUT2D eigenvalue weighted by molar-refractivity contribution is 1.20. The second-order valence-corrected chi connectivity index (χ2v) is 6.19. The monoisotopic (exact) mass is 286 g/mol. The van der Waals surface area contributed by atoms with Crippen LogP contribution in [0.4, 0.5) is 0 Å². The van der Waals surface area contributed by atoms with Gasteiger partial charge in [0, 0.05) is 11.1 Å². The summed E-state index contributed by atoms with van der Waals surface area (Å²) in [7, 11) is 0. The SMILES string of the molecule is N=C(N)c1cc(Sc2nc3ccccc3s2)ccn1. The molecule has 94 valence electrons. The Morgan fingerprint density at radius 3 is 2.89 bits per heavy atom. The molecule has 3 rings (SSSR count). The average molecular weight is 286 g/mol. The molecule has 0 bridgehead atoms. The molecule has 0 radical (unpaired) electrons. The number of fused-ring (bicyclic) bond motifs is 1. The molecule has 3 aromatic rings. The average Bonchev–Trinajstić information content (AvgIpc) is 2.81. The molecule has 4 nitrogen and oxygen atoms in total. The molecule has 0 aliphatic carbocycles. The molecular formula is C13H10N4S2. The zero-order chi connectivity index (χ0) is 13.2. The fourth-order valence-corrected chi connectivity index (χ4v) is 3.68. The van der Waals surface area contributed by atoms with Crippen LogP contribution in [-0.4, -0.2) is 15.8 Å². The fraction of sp³-hybridized carbons (Fsp3) is 0. The molecule has 0 amide bonds. The van der Waals surface area contributed by atoms with Gasteiger partial charge in [-0.2, -0.15) is 0 Å². The minimum Gasteiger partial charge on any atom is -0.382 e. The second kappa shape index (κ2) is 4.99. The first-order valence-electron chi connectivity index (χ1n) is 5.56. The van der Waals surface area contributed by atoms with E-state index in [1.807, 2.05) is 24.3 Å². The van der Waals surface area contributed by atoms with Crippen molar-refractivity contribution in [1.29, 1.82) is 5.41 Å². The molecular weight excluding hydrogens is 276 g/mol. The maximum absolute atomic E-state index is 7.39. The first-order chi connectivity index (χ1) is 9.22. The minimum atomic E-state index is -0.0215. The molecule has 0 saturated carbocycles. The summed E-state index contributed by atoms with van der Waals surface area (Å²) in [5.74, 6) is -0.0215. The van der Waals surface area contributed by atoms with Crippen LogP contribution in [0.5, 0.6) is 0 Å². The first kappa shape index (κ1) is 12.1. The molecule has 0 fully saturated rings. The summed E-state index contributed by atoms with van der Waals surface area (Å²) in [5, 5.41) is 7.39. The van der Waals surface area contributed by atoms with Crippen molar-refractivity contribution in [2.45, 2.75) is 9.24 Å². The third-order valence-corrected chi connectivity index (χ3v) is 4.57. The van der Waals surface area contributed by atoms with Crippen LogP contribution in [0.3, 0.4) is 0 Å². The van der Waals surface area contributed by atoms with Gasteiger partial charge >= 0.3 is 0 Å². The lowest BCUT2D eigenvalue weighted by Crippen LogP contribution is -2.12. The van der Waals surface area contributed by atoms with Crippen LogP contribution in [0.1, 0.15) is 5.69 Å². The van der Waals surface area contributed by atoms with Crippen molar-refractivity contribution in [3.05, 3.63) is 48.3 Å². The summed E-state index contributed by atoms with van der Waals surface area (Å²) in [6.07, 6.45) is 1.66. The molecule has 3 N–H and O–H groups in total. The number of pyridine rings is 1. The van der Waals surface area contributed by atoms with Gasteiger partial charge in [-0.3, -0.25) is 10.4 Å². The maximum Gasteiger partial charge on any atom is 0.155 e.